The molecule has 0 saturated heterocycles. The number of H-pyrrole nitrogens is 1. The Morgan fingerprint density at radius 3 is 1.50 bits per heavy atom. The minimum atomic E-state index is -4.10. The second-order valence-corrected chi connectivity index (χ2v) is 20.2. The summed E-state index contributed by atoms with van der Waals surface area (Å²) in [6.45, 7) is 4.49. The van der Waals surface area contributed by atoms with E-state index >= 15 is 0 Å². The van der Waals surface area contributed by atoms with Crippen LogP contribution in [0.4, 0.5) is 17.2 Å². The number of nitrogens with one attached hydrogen (secondary N) is 3. The molecule has 0 aliphatic carbocycles. The Kier molecular flexibility index (Phi) is 26.1. The van der Waals surface area contributed by atoms with Gasteiger partial charge in [0.2, 0.25) is 5.91 Å². The highest BCUT2D eigenvalue weighted by Crippen LogP contribution is 2.35. The third kappa shape index (κ3) is 19.5. The number of rotatable bonds is 34. The zero-order valence-electron chi connectivity index (χ0n) is 36.4. The molecule has 0 bridgehead atoms. The SMILES string of the molecule is CCCCCCCCCCCCCCCCCCS(=O)(=O)c1c(Nc2cc(NC(=O)CCCCCCCCCCCCC)ccc2Cl)[nH]n(-c2c(Cl)cc(Cl)cc2Cl)c1=O. The molecule has 0 aliphatic heterocycles. The van der Waals surface area contributed by atoms with Crippen LogP contribution < -0.4 is 16.2 Å². The molecule has 3 aromatic rings. The number of hydrogen-bond acceptors (Lipinski definition) is 5. The summed E-state index contributed by atoms with van der Waals surface area (Å²) in [7, 11) is -4.10. The van der Waals surface area contributed by atoms with Crippen LogP contribution in [0.15, 0.2) is 40.0 Å². The maximum Gasteiger partial charge on any atom is 0.292 e. The molecule has 338 valence electrons. The van der Waals surface area contributed by atoms with Gasteiger partial charge in [-0.05, 0) is 43.2 Å². The van der Waals surface area contributed by atoms with Crippen molar-refractivity contribution < 1.29 is 13.2 Å². The monoisotopic (exact) mass is 928 g/mol. The maximum atomic E-state index is 14.0. The minimum absolute atomic E-state index is 0.0599. The lowest BCUT2D eigenvalue weighted by atomic mass is 10.0. The zero-order valence-corrected chi connectivity index (χ0v) is 40.2. The third-order valence-corrected chi connectivity index (χ3v) is 14.1. The number of hydrogen-bond donors (Lipinski definition) is 3. The first-order valence-corrected chi connectivity index (χ1v) is 26.2. The number of aromatic amines is 1. The first-order chi connectivity index (χ1) is 29.0. The van der Waals surface area contributed by atoms with Gasteiger partial charge in [-0.3, -0.25) is 14.7 Å². The van der Waals surface area contributed by atoms with Crippen molar-refractivity contribution in [3.05, 3.63) is 60.8 Å². The molecule has 0 fully saturated rings. The lowest BCUT2D eigenvalue weighted by Crippen LogP contribution is -2.22. The number of sulfone groups is 1. The molecule has 0 atom stereocenters. The predicted octanol–water partition coefficient (Wildman–Crippen LogP) is 16.2. The van der Waals surface area contributed by atoms with Gasteiger partial charge in [0.25, 0.3) is 5.56 Å². The van der Waals surface area contributed by atoms with Gasteiger partial charge in [-0.25, -0.2) is 13.1 Å². The Balaban J connectivity index is 1.58. The summed E-state index contributed by atoms with van der Waals surface area (Å²) in [6.07, 6.45) is 32.4. The molecule has 0 aliphatic rings. The first kappa shape index (κ1) is 52.2. The highest BCUT2D eigenvalue weighted by Gasteiger charge is 2.29. The molecular formula is C47H72Cl4N4O4S. The van der Waals surface area contributed by atoms with Gasteiger partial charge in [0.15, 0.2) is 14.7 Å². The Labute approximate surface area is 381 Å². The molecule has 0 saturated carbocycles. The number of aromatic nitrogens is 2. The smallest absolute Gasteiger partial charge is 0.292 e. The van der Waals surface area contributed by atoms with E-state index in [2.05, 4.69) is 29.6 Å². The van der Waals surface area contributed by atoms with Crippen LogP contribution in [0.2, 0.25) is 20.1 Å². The van der Waals surface area contributed by atoms with Crippen molar-refractivity contribution in [2.45, 2.75) is 199 Å². The van der Waals surface area contributed by atoms with E-state index in [0.717, 1.165) is 49.6 Å². The molecule has 60 heavy (non-hydrogen) atoms. The first-order valence-electron chi connectivity index (χ1n) is 23.1. The van der Waals surface area contributed by atoms with Gasteiger partial charge >= 0.3 is 0 Å². The highest BCUT2D eigenvalue weighted by atomic mass is 35.5. The van der Waals surface area contributed by atoms with Crippen molar-refractivity contribution >= 4 is 79.3 Å². The molecule has 1 aromatic heterocycles. The average Bonchev–Trinajstić information content (AvgIpc) is 3.52. The zero-order chi connectivity index (χ0) is 43.6. The molecule has 0 radical (unpaired) electrons. The van der Waals surface area contributed by atoms with Gasteiger partial charge in [0, 0.05) is 17.1 Å². The standard InChI is InChI=1S/C47H72Cl4N4O4S/c1-3-5-7-9-11-13-15-16-17-18-19-21-23-25-27-29-33-60(58,59)45-46(54-55(47(45)57)44-40(50)34-37(48)35-41(44)51)53-42-36-38(31-32-39(42)49)52-43(56)30-28-26-24-22-20-14-12-10-8-6-4-2/h31-32,34-36,53-54H,3-30,33H2,1-2H3,(H,52,56). The van der Waals surface area contributed by atoms with E-state index in [1.807, 2.05) is 0 Å². The number of anilines is 3. The molecule has 13 heteroatoms. The highest BCUT2D eigenvalue weighted by molar-refractivity contribution is 7.91. The molecule has 1 amide bonds. The number of carbonyl (C=O) groups is 1. The molecule has 8 nitrogen and oxygen atoms in total. The lowest BCUT2D eigenvalue weighted by Gasteiger charge is -2.12. The van der Waals surface area contributed by atoms with Gasteiger partial charge in [0.05, 0.1) is 26.5 Å². The summed E-state index contributed by atoms with van der Waals surface area (Å²) in [5, 5.41) is 9.50. The second kappa shape index (κ2) is 30.0. The van der Waals surface area contributed by atoms with Gasteiger partial charge in [-0.1, -0.05) is 221 Å². The summed E-state index contributed by atoms with van der Waals surface area (Å²) in [5.41, 5.74) is 0.00432. The van der Waals surface area contributed by atoms with Gasteiger partial charge in [-0.15, -0.1) is 0 Å². The van der Waals surface area contributed by atoms with Gasteiger partial charge < -0.3 is 10.6 Å². The quantitative estimate of drug-likeness (QED) is 0.0516. The van der Waals surface area contributed by atoms with Crippen LogP contribution in [-0.4, -0.2) is 29.9 Å². The van der Waals surface area contributed by atoms with Gasteiger partial charge in [0.1, 0.15) is 11.5 Å². The summed E-state index contributed by atoms with van der Waals surface area (Å²) in [4.78, 5) is 26.4. The summed E-state index contributed by atoms with van der Waals surface area (Å²) in [6, 6.07) is 7.75. The third-order valence-electron chi connectivity index (χ3n) is 11.1. The van der Waals surface area contributed by atoms with Crippen LogP contribution in [0.3, 0.4) is 0 Å². The van der Waals surface area contributed by atoms with Crippen LogP contribution in [-0.2, 0) is 14.6 Å². The fourth-order valence-corrected chi connectivity index (χ4v) is 10.4. The summed E-state index contributed by atoms with van der Waals surface area (Å²) >= 11 is 25.7. The Hall–Kier alpha value is -2.17. The fourth-order valence-electron chi connectivity index (χ4n) is 7.65. The number of amides is 1. The fraction of sp³-hybridized carbons (Fsp3) is 0.660. The second-order valence-electron chi connectivity index (χ2n) is 16.5. The normalized spacial score (nSPS) is 11.7. The van der Waals surface area contributed by atoms with E-state index in [1.54, 1.807) is 18.2 Å². The van der Waals surface area contributed by atoms with Crippen LogP contribution in [0.1, 0.15) is 194 Å². The molecule has 0 spiro atoms. The summed E-state index contributed by atoms with van der Waals surface area (Å²) in [5.74, 6) is -0.421. The van der Waals surface area contributed by atoms with Gasteiger partial charge in [-0.2, -0.15) is 0 Å². The molecule has 0 unspecified atom stereocenters. The number of benzene rings is 2. The maximum absolute atomic E-state index is 14.0. The van der Waals surface area contributed by atoms with E-state index in [4.69, 9.17) is 46.4 Å². The topological polar surface area (TPSA) is 113 Å². The van der Waals surface area contributed by atoms with E-state index in [1.165, 1.54) is 134 Å². The Morgan fingerprint density at radius 1 is 0.600 bits per heavy atom. The van der Waals surface area contributed by atoms with Crippen LogP contribution in [0.25, 0.3) is 5.69 Å². The van der Waals surface area contributed by atoms with Crippen molar-refractivity contribution in [3.63, 3.8) is 0 Å². The lowest BCUT2D eigenvalue weighted by molar-refractivity contribution is -0.116. The van der Waals surface area contributed by atoms with E-state index < -0.39 is 20.3 Å². The Morgan fingerprint density at radius 2 is 1.03 bits per heavy atom. The van der Waals surface area contributed by atoms with Crippen LogP contribution in [0, 0.1) is 0 Å². The van der Waals surface area contributed by atoms with Crippen molar-refractivity contribution in [3.8, 4) is 5.69 Å². The largest absolute Gasteiger partial charge is 0.338 e. The van der Waals surface area contributed by atoms with Crippen molar-refractivity contribution in [2.75, 3.05) is 16.4 Å². The predicted molar refractivity (Wildman–Crippen MR) is 257 cm³/mol. The van der Waals surface area contributed by atoms with Crippen LogP contribution >= 0.6 is 46.4 Å². The number of nitrogens with zero attached hydrogens (tertiary/aromatic N) is 1. The number of carbonyl (C=O) groups excluding carboxylic acids is 1. The molecular weight excluding hydrogens is 858 g/mol. The summed E-state index contributed by atoms with van der Waals surface area (Å²) < 4.78 is 29.0. The van der Waals surface area contributed by atoms with E-state index in [-0.39, 0.29) is 43.3 Å². The van der Waals surface area contributed by atoms with E-state index in [9.17, 15) is 18.0 Å². The van der Waals surface area contributed by atoms with Crippen molar-refractivity contribution in [2.24, 2.45) is 0 Å². The van der Waals surface area contributed by atoms with Crippen LogP contribution in [0.5, 0.6) is 0 Å². The van der Waals surface area contributed by atoms with E-state index in [0.29, 0.717) is 24.2 Å². The number of halogens is 4. The Bertz CT molecular complexity index is 1840. The molecule has 2 aromatic carbocycles. The molecule has 3 N–H and O–H groups in total. The van der Waals surface area contributed by atoms with Crippen molar-refractivity contribution in [1.29, 1.82) is 0 Å². The minimum Gasteiger partial charge on any atom is -0.338 e. The average molecular weight is 931 g/mol. The van der Waals surface area contributed by atoms with Crippen molar-refractivity contribution in [1.82, 2.24) is 9.78 Å². The number of unbranched alkanes of at least 4 members (excludes halogenated alkanes) is 25. The molecule has 3 rings (SSSR count). The molecule has 1 heterocycles.